The number of rotatable bonds is 7. The fraction of sp³-hybridized carbons (Fsp3) is 0. The minimum Gasteiger partial charge on any atom is -0.478 e. The van der Waals surface area contributed by atoms with E-state index in [4.69, 9.17) is 0 Å². The van der Waals surface area contributed by atoms with Crippen molar-refractivity contribution < 1.29 is 32.3 Å². The number of hydrogen-bond acceptors (Lipinski definition) is 4. The van der Waals surface area contributed by atoms with E-state index in [0.717, 1.165) is 24.3 Å². The smallest absolute Gasteiger partial charge is 0.337 e. The lowest BCUT2D eigenvalue weighted by Crippen LogP contribution is -2.08. The zero-order valence-electron chi connectivity index (χ0n) is 17.8. The van der Waals surface area contributed by atoms with Crippen LogP contribution in [0.1, 0.15) is 26.3 Å². The van der Waals surface area contributed by atoms with E-state index >= 15 is 0 Å². The average Bonchev–Trinajstić information content (AvgIpc) is 2.84. The first-order valence-corrected chi connectivity index (χ1v) is 10.2. The first-order chi connectivity index (χ1) is 16.7. The Balaban J connectivity index is 1.54. The molecule has 0 aromatic heterocycles. The van der Waals surface area contributed by atoms with Crippen LogP contribution in [-0.2, 0) is 0 Å². The highest BCUT2D eigenvalue weighted by Gasteiger charge is 2.17. The molecular weight excluding hydrogens is 464 g/mol. The lowest BCUT2D eigenvalue weighted by molar-refractivity contribution is 0.0698. The number of anilines is 4. The van der Waals surface area contributed by atoms with Crippen LogP contribution >= 0.6 is 0 Å². The molecule has 4 rings (SSSR count). The molecule has 0 atom stereocenters. The lowest BCUT2D eigenvalue weighted by atomic mass is 10.00. The number of ketones is 1. The number of aromatic carboxylic acids is 1. The molecule has 0 unspecified atom stereocenters. The van der Waals surface area contributed by atoms with E-state index in [9.17, 15) is 32.3 Å². The first kappa shape index (κ1) is 23.5. The van der Waals surface area contributed by atoms with Gasteiger partial charge in [-0.1, -0.05) is 0 Å². The van der Waals surface area contributed by atoms with Crippen LogP contribution in [0.3, 0.4) is 0 Å². The Kier molecular flexibility index (Phi) is 6.50. The molecule has 5 nitrogen and oxygen atoms in total. The highest BCUT2D eigenvalue weighted by atomic mass is 19.2. The van der Waals surface area contributed by atoms with Gasteiger partial charge in [0.15, 0.2) is 29.1 Å². The van der Waals surface area contributed by atoms with Crippen LogP contribution in [0.4, 0.5) is 40.3 Å². The van der Waals surface area contributed by atoms with Gasteiger partial charge < -0.3 is 15.7 Å². The van der Waals surface area contributed by atoms with Crippen molar-refractivity contribution in [2.75, 3.05) is 10.6 Å². The van der Waals surface area contributed by atoms with Gasteiger partial charge in [-0.2, -0.15) is 0 Å². The number of carbonyl (C=O) groups is 2. The second-order valence-corrected chi connectivity index (χ2v) is 7.48. The van der Waals surface area contributed by atoms with Crippen LogP contribution in [0, 0.1) is 23.3 Å². The molecule has 0 fully saturated rings. The summed E-state index contributed by atoms with van der Waals surface area (Å²) >= 11 is 0. The number of carboxylic acids is 1. The molecule has 0 saturated heterocycles. The predicted molar refractivity (Wildman–Crippen MR) is 123 cm³/mol. The van der Waals surface area contributed by atoms with Crippen LogP contribution in [0.2, 0.25) is 0 Å². The topological polar surface area (TPSA) is 78.4 Å². The summed E-state index contributed by atoms with van der Waals surface area (Å²) in [5, 5.41) is 15.2. The highest BCUT2D eigenvalue weighted by molar-refractivity contribution is 6.11. The van der Waals surface area contributed by atoms with Crippen molar-refractivity contribution in [1.82, 2.24) is 0 Å². The molecule has 176 valence electrons. The molecule has 0 aliphatic carbocycles. The van der Waals surface area contributed by atoms with Crippen molar-refractivity contribution in [2.24, 2.45) is 0 Å². The molecule has 0 aliphatic heterocycles. The Labute approximate surface area is 196 Å². The zero-order chi connectivity index (χ0) is 25.1. The minimum atomic E-state index is -1.32. The van der Waals surface area contributed by atoms with Gasteiger partial charge in [-0.25, -0.2) is 22.4 Å². The van der Waals surface area contributed by atoms with E-state index in [0.29, 0.717) is 11.4 Å². The fourth-order valence-electron chi connectivity index (χ4n) is 3.31. The second-order valence-electron chi connectivity index (χ2n) is 7.48. The van der Waals surface area contributed by atoms with Gasteiger partial charge in [0.25, 0.3) is 0 Å². The maximum absolute atomic E-state index is 13.5. The molecule has 0 heterocycles. The minimum absolute atomic E-state index is 0.0890. The third-order valence-electron chi connectivity index (χ3n) is 5.07. The van der Waals surface area contributed by atoms with Crippen LogP contribution in [-0.4, -0.2) is 16.9 Å². The normalized spacial score (nSPS) is 10.6. The van der Waals surface area contributed by atoms with Gasteiger partial charge in [0, 0.05) is 40.3 Å². The Morgan fingerprint density at radius 2 is 1.09 bits per heavy atom. The fourth-order valence-corrected chi connectivity index (χ4v) is 3.31. The third-order valence-corrected chi connectivity index (χ3v) is 5.07. The summed E-state index contributed by atoms with van der Waals surface area (Å²) < 4.78 is 53.1. The summed E-state index contributed by atoms with van der Waals surface area (Å²) in [6.07, 6.45) is 0. The van der Waals surface area contributed by atoms with Crippen LogP contribution < -0.4 is 10.6 Å². The predicted octanol–water partition coefficient (Wildman–Crippen LogP) is 6.66. The summed E-state index contributed by atoms with van der Waals surface area (Å²) in [6, 6.07) is 16.4. The van der Waals surface area contributed by atoms with Gasteiger partial charge in [0.05, 0.1) is 11.3 Å². The van der Waals surface area contributed by atoms with Gasteiger partial charge in [-0.3, -0.25) is 4.79 Å². The molecule has 0 radical (unpaired) electrons. The number of hydrogen-bond donors (Lipinski definition) is 3. The van der Waals surface area contributed by atoms with Crippen molar-refractivity contribution in [3.63, 3.8) is 0 Å². The first-order valence-electron chi connectivity index (χ1n) is 10.2. The summed E-state index contributed by atoms with van der Waals surface area (Å²) in [5.41, 5.74) is 1.18. The molecule has 3 N–H and O–H groups in total. The summed E-state index contributed by atoms with van der Waals surface area (Å²) in [4.78, 5) is 24.7. The maximum Gasteiger partial charge on any atom is 0.337 e. The van der Waals surface area contributed by atoms with E-state index in [1.165, 1.54) is 42.5 Å². The van der Waals surface area contributed by atoms with Crippen LogP contribution in [0.25, 0.3) is 0 Å². The Hall–Kier alpha value is -4.66. The Bertz CT molecular complexity index is 1440. The number of carboxylic acid groups (broad SMARTS) is 1. The van der Waals surface area contributed by atoms with Crippen molar-refractivity contribution >= 4 is 34.5 Å². The Morgan fingerprint density at radius 1 is 0.571 bits per heavy atom. The molecule has 0 bridgehead atoms. The van der Waals surface area contributed by atoms with Crippen molar-refractivity contribution in [3.8, 4) is 0 Å². The highest BCUT2D eigenvalue weighted by Crippen LogP contribution is 2.26. The van der Waals surface area contributed by atoms with Crippen LogP contribution in [0.5, 0.6) is 0 Å². The Morgan fingerprint density at radius 3 is 1.63 bits per heavy atom. The van der Waals surface area contributed by atoms with Crippen LogP contribution in [0.15, 0.2) is 78.9 Å². The molecule has 0 aliphatic rings. The van der Waals surface area contributed by atoms with Gasteiger partial charge in [0.2, 0.25) is 0 Å². The average molecular weight is 480 g/mol. The van der Waals surface area contributed by atoms with E-state index in [-0.39, 0.29) is 28.1 Å². The summed E-state index contributed by atoms with van der Waals surface area (Å²) in [7, 11) is 0. The van der Waals surface area contributed by atoms with Gasteiger partial charge in [0.1, 0.15) is 0 Å². The molecule has 4 aromatic carbocycles. The molecule has 9 heteroatoms. The second kappa shape index (κ2) is 9.68. The molecular formula is C26H16F4N2O3. The largest absolute Gasteiger partial charge is 0.478 e. The van der Waals surface area contributed by atoms with E-state index in [1.807, 2.05) is 0 Å². The van der Waals surface area contributed by atoms with Gasteiger partial charge in [-0.05, 0) is 66.7 Å². The lowest BCUT2D eigenvalue weighted by Gasteiger charge is -2.12. The summed E-state index contributed by atoms with van der Waals surface area (Å²) in [6.45, 7) is 0. The van der Waals surface area contributed by atoms with Gasteiger partial charge in [-0.15, -0.1) is 0 Å². The quantitative estimate of drug-likeness (QED) is 0.204. The maximum atomic E-state index is 13.5. The monoisotopic (exact) mass is 480 g/mol. The third kappa shape index (κ3) is 5.30. The van der Waals surface area contributed by atoms with Crippen molar-refractivity contribution in [1.29, 1.82) is 0 Å². The number of nitrogens with one attached hydrogen (secondary N) is 2. The molecule has 0 spiro atoms. The number of benzene rings is 4. The SMILES string of the molecule is O=C(c1ccc(Nc2ccc(F)c(F)c2)cc1)c1ccc(Nc2ccc(F)c(F)c2)c(C(=O)O)c1. The van der Waals surface area contributed by atoms with Gasteiger partial charge >= 0.3 is 5.97 Å². The van der Waals surface area contributed by atoms with Crippen molar-refractivity contribution in [3.05, 3.63) is 119 Å². The standard InChI is InChI=1S/C26H16F4N2O3/c27-20-8-6-17(12-22(20)29)31-16-4-1-14(2-5-16)25(33)15-3-10-24(19(11-15)26(34)35)32-18-7-9-21(28)23(30)13-18/h1-13,31-32H,(H,34,35). The molecule has 0 saturated carbocycles. The van der Waals surface area contributed by atoms with Crippen molar-refractivity contribution in [2.45, 2.75) is 0 Å². The summed E-state index contributed by atoms with van der Waals surface area (Å²) in [5.74, 6) is -5.88. The molecule has 4 aromatic rings. The molecule has 35 heavy (non-hydrogen) atoms. The number of carbonyl (C=O) groups excluding carboxylic acids is 1. The molecule has 0 amide bonds. The van der Waals surface area contributed by atoms with E-state index in [1.54, 1.807) is 12.1 Å². The van der Waals surface area contributed by atoms with E-state index in [2.05, 4.69) is 10.6 Å². The van der Waals surface area contributed by atoms with E-state index < -0.39 is 35.0 Å². The number of halogens is 4. The zero-order valence-corrected chi connectivity index (χ0v) is 17.8.